The molecule has 106 valence electrons. The molecule has 1 N–H and O–H groups in total. The van der Waals surface area contributed by atoms with Crippen molar-refractivity contribution in [1.29, 1.82) is 0 Å². The summed E-state index contributed by atoms with van der Waals surface area (Å²) in [6.07, 6.45) is 0.205. The summed E-state index contributed by atoms with van der Waals surface area (Å²) in [6.45, 7) is 2.29. The second-order valence-electron chi connectivity index (χ2n) is 4.89. The minimum absolute atomic E-state index is 0.0134. The summed E-state index contributed by atoms with van der Waals surface area (Å²) in [5, 5.41) is 11.3. The average Bonchev–Trinajstić information content (AvgIpc) is 2.94. The standard InChI is InChI=1S/C16H19NO2S/c1-12(18)8-10-17(2)16(19)15-14(9-11-20-15)13-6-4-3-5-7-13/h3-7,9,11-12,18H,8,10H2,1-2H3. The minimum atomic E-state index is -0.387. The van der Waals surface area contributed by atoms with Gasteiger partial charge in [0.1, 0.15) is 0 Å². The second kappa shape index (κ2) is 6.68. The Labute approximate surface area is 123 Å². The van der Waals surface area contributed by atoms with E-state index in [0.29, 0.717) is 13.0 Å². The van der Waals surface area contributed by atoms with E-state index in [1.165, 1.54) is 11.3 Å². The van der Waals surface area contributed by atoms with Crippen LogP contribution in [0.3, 0.4) is 0 Å². The number of rotatable bonds is 5. The van der Waals surface area contributed by atoms with Gasteiger partial charge < -0.3 is 10.0 Å². The fraction of sp³-hybridized carbons (Fsp3) is 0.312. The highest BCUT2D eigenvalue weighted by atomic mass is 32.1. The van der Waals surface area contributed by atoms with E-state index in [0.717, 1.165) is 16.0 Å². The third-order valence-electron chi connectivity index (χ3n) is 3.17. The van der Waals surface area contributed by atoms with Gasteiger partial charge in [0.05, 0.1) is 11.0 Å². The lowest BCUT2D eigenvalue weighted by Gasteiger charge is -2.18. The molecule has 2 aromatic rings. The number of benzene rings is 1. The first-order valence-electron chi connectivity index (χ1n) is 6.66. The fourth-order valence-corrected chi connectivity index (χ4v) is 2.89. The van der Waals surface area contributed by atoms with Gasteiger partial charge in [0.2, 0.25) is 0 Å². The number of thiophene rings is 1. The van der Waals surface area contributed by atoms with Crippen molar-refractivity contribution < 1.29 is 9.90 Å². The number of amides is 1. The SMILES string of the molecule is CC(O)CCN(C)C(=O)c1sccc1-c1ccccc1. The van der Waals surface area contributed by atoms with E-state index in [-0.39, 0.29) is 12.0 Å². The molecule has 1 aromatic heterocycles. The molecule has 20 heavy (non-hydrogen) atoms. The van der Waals surface area contributed by atoms with E-state index in [9.17, 15) is 9.90 Å². The van der Waals surface area contributed by atoms with Crippen LogP contribution >= 0.6 is 11.3 Å². The Bertz CT molecular complexity index is 563. The van der Waals surface area contributed by atoms with Crippen LogP contribution in [-0.2, 0) is 0 Å². The third kappa shape index (κ3) is 3.46. The van der Waals surface area contributed by atoms with Crippen LogP contribution in [0.2, 0.25) is 0 Å². The third-order valence-corrected chi connectivity index (χ3v) is 4.08. The summed E-state index contributed by atoms with van der Waals surface area (Å²) in [4.78, 5) is 14.9. The molecule has 0 aliphatic carbocycles. The number of nitrogens with zero attached hydrogens (tertiary/aromatic N) is 1. The molecule has 0 aliphatic heterocycles. The van der Waals surface area contributed by atoms with Gasteiger partial charge in [0.25, 0.3) is 5.91 Å². The largest absolute Gasteiger partial charge is 0.393 e. The summed E-state index contributed by atoms with van der Waals surface area (Å²) in [5.74, 6) is 0.0134. The highest BCUT2D eigenvalue weighted by Gasteiger charge is 2.18. The minimum Gasteiger partial charge on any atom is -0.393 e. The quantitative estimate of drug-likeness (QED) is 0.918. The predicted octanol–water partition coefficient (Wildman–Crippen LogP) is 3.26. The van der Waals surface area contributed by atoms with Crippen molar-refractivity contribution in [2.75, 3.05) is 13.6 Å². The Morgan fingerprint density at radius 3 is 2.65 bits per heavy atom. The smallest absolute Gasteiger partial charge is 0.264 e. The van der Waals surface area contributed by atoms with Gasteiger partial charge in [-0.15, -0.1) is 11.3 Å². The molecule has 4 heteroatoms. The maximum absolute atomic E-state index is 12.5. The fourth-order valence-electron chi connectivity index (χ4n) is 1.98. The molecule has 3 nitrogen and oxygen atoms in total. The zero-order valence-corrected chi connectivity index (χ0v) is 12.6. The zero-order chi connectivity index (χ0) is 14.5. The highest BCUT2D eigenvalue weighted by Crippen LogP contribution is 2.29. The molecule has 1 amide bonds. The van der Waals surface area contributed by atoms with E-state index in [4.69, 9.17) is 0 Å². The topological polar surface area (TPSA) is 40.5 Å². The van der Waals surface area contributed by atoms with Gasteiger partial charge in [0, 0.05) is 19.2 Å². The van der Waals surface area contributed by atoms with Crippen LogP contribution in [0.1, 0.15) is 23.0 Å². The van der Waals surface area contributed by atoms with Crippen LogP contribution in [0.15, 0.2) is 41.8 Å². The number of carbonyl (C=O) groups excluding carboxylic acids is 1. The zero-order valence-electron chi connectivity index (χ0n) is 11.7. The molecule has 0 radical (unpaired) electrons. The van der Waals surface area contributed by atoms with Gasteiger partial charge in [-0.2, -0.15) is 0 Å². The van der Waals surface area contributed by atoms with Gasteiger partial charge in [-0.3, -0.25) is 4.79 Å². The molecule has 1 heterocycles. The first-order valence-corrected chi connectivity index (χ1v) is 7.54. The first kappa shape index (κ1) is 14.8. The van der Waals surface area contributed by atoms with E-state index in [1.54, 1.807) is 18.9 Å². The Kier molecular flexibility index (Phi) is 4.93. The lowest BCUT2D eigenvalue weighted by Crippen LogP contribution is -2.29. The molecule has 0 fully saturated rings. The number of hydrogen-bond acceptors (Lipinski definition) is 3. The molecule has 1 aromatic carbocycles. The van der Waals surface area contributed by atoms with Crippen LogP contribution < -0.4 is 0 Å². The Hall–Kier alpha value is -1.65. The van der Waals surface area contributed by atoms with Crippen LogP contribution in [0, 0.1) is 0 Å². The molecule has 0 bridgehead atoms. The monoisotopic (exact) mass is 289 g/mol. The van der Waals surface area contributed by atoms with Crippen LogP contribution in [0.5, 0.6) is 0 Å². The highest BCUT2D eigenvalue weighted by molar-refractivity contribution is 7.12. The molecule has 2 rings (SSSR count). The average molecular weight is 289 g/mol. The Balaban J connectivity index is 2.18. The van der Waals surface area contributed by atoms with Gasteiger partial charge >= 0.3 is 0 Å². The predicted molar refractivity (Wildman–Crippen MR) is 83.0 cm³/mol. The van der Waals surface area contributed by atoms with Crippen LogP contribution in [0.4, 0.5) is 0 Å². The lowest BCUT2D eigenvalue weighted by molar-refractivity contribution is 0.0774. The second-order valence-corrected chi connectivity index (χ2v) is 5.81. The number of aliphatic hydroxyl groups is 1. The van der Waals surface area contributed by atoms with Crippen molar-refractivity contribution in [2.24, 2.45) is 0 Å². The Morgan fingerprint density at radius 1 is 1.30 bits per heavy atom. The molecular formula is C16H19NO2S. The van der Waals surface area contributed by atoms with E-state index < -0.39 is 0 Å². The Morgan fingerprint density at radius 2 is 2.00 bits per heavy atom. The lowest BCUT2D eigenvalue weighted by atomic mass is 10.1. The van der Waals surface area contributed by atoms with E-state index >= 15 is 0 Å². The summed E-state index contributed by atoms with van der Waals surface area (Å²) in [5.41, 5.74) is 2.03. The van der Waals surface area contributed by atoms with Crippen molar-refractivity contribution in [3.63, 3.8) is 0 Å². The molecular weight excluding hydrogens is 270 g/mol. The van der Waals surface area contributed by atoms with Crippen LogP contribution in [0.25, 0.3) is 11.1 Å². The van der Waals surface area contributed by atoms with Crippen molar-refractivity contribution >= 4 is 17.2 Å². The number of aliphatic hydroxyl groups excluding tert-OH is 1. The summed E-state index contributed by atoms with van der Waals surface area (Å²) < 4.78 is 0. The van der Waals surface area contributed by atoms with Crippen molar-refractivity contribution in [1.82, 2.24) is 4.90 Å². The number of carbonyl (C=O) groups is 1. The van der Waals surface area contributed by atoms with E-state index in [1.807, 2.05) is 41.8 Å². The van der Waals surface area contributed by atoms with Crippen molar-refractivity contribution in [2.45, 2.75) is 19.4 Å². The van der Waals surface area contributed by atoms with Gasteiger partial charge in [-0.05, 0) is 30.4 Å². The van der Waals surface area contributed by atoms with Gasteiger partial charge in [-0.25, -0.2) is 0 Å². The molecule has 0 saturated heterocycles. The van der Waals surface area contributed by atoms with Crippen molar-refractivity contribution in [3.8, 4) is 11.1 Å². The maximum Gasteiger partial charge on any atom is 0.264 e. The summed E-state index contributed by atoms with van der Waals surface area (Å²) in [6, 6.07) is 11.9. The normalized spacial score (nSPS) is 12.2. The molecule has 0 spiro atoms. The number of hydrogen-bond donors (Lipinski definition) is 1. The van der Waals surface area contributed by atoms with E-state index in [2.05, 4.69) is 0 Å². The first-order chi connectivity index (χ1) is 9.59. The molecule has 0 saturated carbocycles. The summed E-state index contributed by atoms with van der Waals surface area (Å²) in [7, 11) is 1.78. The molecule has 1 atom stereocenters. The summed E-state index contributed by atoms with van der Waals surface area (Å²) >= 11 is 1.46. The van der Waals surface area contributed by atoms with Gasteiger partial charge in [0.15, 0.2) is 0 Å². The van der Waals surface area contributed by atoms with Crippen molar-refractivity contribution in [3.05, 3.63) is 46.7 Å². The van der Waals surface area contributed by atoms with Crippen LogP contribution in [-0.4, -0.2) is 35.6 Å². The maximum atomic E-state index is 12.5. The molecule has 0 aliphatic rings. The van der Waals surface area contributed by atoms with Gasteiger partial charge in [-0.1, -0.05) is 30.3 Å². The molecule has 1 unspecified atom stereocenters.